The number of nitrogens with zero attached hydrogens (tertiary/aromatic N) is 1. The molecule has 1 amide bonds. The van der Waals surface area contributed by atoms with Gasteiger partial charge in [0.05, 0.1) is 43.7 Å². The molecule has 2 N–H and O–H groups in total. The Bertz CT molecular complexity index is 762. The molecule has 0 saturated carbocycles. The molecule has 26 heavy (non-hydrogen) atoms. The zero-order chi connectivity index (χ0) is 19.3. The quantitative estimate of drug-likeness (QED) is 0.451. The van der Waals surface area contributed by atoms with Gasteiger partial charge in [0.15, 0.2) is 0 Å². The summed E-state index contributed by atoms with van der Waals surface area (Å²) in [6, 6.07) is 4.84. The van der Waals surface area contributed by atoms with E-state index < -0.39 is 17.8 Å². The van der Waals surface area contributed by atoms with Gasteiger partial charge >= 0.3 is 11.9 Å². The minimum Gasteiger partial charge on any atom is -0.466 e. The Morgan fingerprint density at radius 1 is 1.35 bits per heavy atom. The molecule has 0 aliphatic carbocycles. The summed E-state index contributed by atoms with van der Waals surface area (Å²) in [4.78, 5) is 37.7. The Labute approximate surface area is 164 Å². The third-order valence-corrected chi connectivity index (χ3v) is 4.59. The number of hydrogen-bond donors (Lipinski definition) is 2. The Balaban J connectivity index is 2.30. The molecule has 0 atom stereocenters. The molecule has 9 heteroatoms. The van der Waals surface area contributed by atoms with Gasteiger partial charge in [0, 0.05) is 10.1 Å². The van der Waals surface area contributed by atoms with Gasteiger partial charge in [-0.15, -0.1) is 0 Å². The number of ether oxygens (including phenoxy) is 2. The monoisotopic (exact) mass is 474 g/mol. The summed E-state index contributed by atoms with van der Waals surface area (Å²) in [5, 5.41) is 12.0. The van der Waals surface area contributed by atoms with E-state index in [0.717, 1.165) is 0 Å². The second-order valence-electron chi connectivity index (χ2n) is 5.34. The third-order valence-electron chi connectivity index (χ3n) is 3.69. The van der Waals surface area contributed by atoms with Crippen LogP contribution in [-0.2, 0) is 19.1 Å². The smallest absolute Gasteiger partial charge is 0.338 e. The SMILES string of the molecule is CCOC(=O)c1ccc(NC2=C(C(=O)OC)CN(CCO)C2=O)c(I)c1. The molecule has 0 spiro atoms. The molecule has 140 valence electrons. The number of carbonyl (C=O) groups is 3. The molecular weight excluding hydrogens is 455 g/mol. The number of esters is 2. The summed E-state index contributed by atoms with van der Waals surface area (Å²) in [6.07, 6.45) is 0. The van der Waals surface area contributed by atoms with Crippen molar-refractivity contribution in [2.45, 2.75) is 6.92 Å². The van der Waals surface area contributed by atoms with E-state index in [-0.39, 0.29) is 37.6 Å². The zero-order valence-corrected chi connectivity index (χ0v) is 16.5. The molecule has 0 bridgehead atoms. The standard InChI is InChI=1S/C17H19IN2O6/c1-3-26-16(23)10-4-5-13(12(18)8-10)19-14-11(17(24)25-2)9-20(6-7-21)15(14)22/h4-5,8,19,21H,3,6-7,9H2,1-2H3. The van der Waals surface area contributed by atoms with Crippen molar-refractivity contribution < 1.29 is 29.0 Å². The second kappa shape index (κ2) is 8.99. The van der Waals surface area contributed by atoms with Gasteiger partial charge in [-0.1, -0.05) is 0 Å². The molecule has 1 heterocycles. The molecule has 1 aromatic carbocycles. The average molecular weight is 474 g/mol. The minimum absolute atomic E-state index is 0.0614. The van der Waals surface area contributed by atoms with E-state index in [0.29, 0.717) is 14.8 Å². The molecule has 1 aliphatic rings. The number of β-amino-alcohol motifs (C(OH)–C–C–N with tert-alkyl or cyclic N) is 1. The summed E-state index contributed by atoms with van der Waals surface area (Å²) in [6.45, 7) is 1.97. The molecule has 0 unspecified atom stereocenters. The van der Waals surface area contributed by atoms with Gasteiger partial charge in [-0.3, -0.25) is 4.79 Å². The molecule has 8 nitrogen and oxygen atoms in total. The summed E-state index contributed by atoms with van der Waals surface area (Å²) in [5.41, 5.74) is 1.25. The summed E-state index contributed by atoms with van der Waals surface area (Å²) >= 11 is 2.02. The lowest BCUT2D eigenvalue weighted by Gasteiger charge is -2.15. The van der Waals surface area contributed by atoms with Crippen LogP contribution >= 0.6 is 22.6 Å². The Morgan fingerprint density at radius 3 is 2.65 bits per heavy atom. The molecule has 0 fully saturated rings. The average Bonchev–Trinajstić information content (AvgIpc) is 2.93. The highest BCUT2D eigenvalue weighted by atomic mass is 127. The van der Waals surface area contributed by atoms with Crippen LogP contribution in [0.4, 0.5) is 5.69 Å². The van der Waals surface area contributed by atoms with Crippen molar-refractivity contribution >= 4 is 46.1 Å². The number of hydrogen-bond acceptors (Lipinski definition) is 7. The molecule has 1 aliphatic heterocycles. The first-order valence-electron chi connectivity index (χ1n) is 7.88. The van der Waals surface area contributed by atoms with Crippen LogP contribution in [0.25, 0.3) is 0 Å². The van der Waals surface area contributed by atoms with Crippen molar-refractivity contribution in [3.63, 3.8) is 0 Å². The Hall–Kier alpha value is -2.14. The maximum atomic E-state index is 12.5. The lowest BCUT2D eigenvalue weighted by atomic mass is 10.2. The molecule has 2 rings (SSSR count). The van der Waals surface area contributed by atoms with Crippen LogP contribution in [0.15, 0.2) is 29.5 Å². The number of aliphatic hydroxyl groups is 1. The van der Waals surface area contributed by atoms with Crippen molar-refractivity contribution in [2.24, 2.45) is 0 Å². The maximum Gasteiger partial charge on any atom is 0.338 e. The van der Waals surface area contributed by atoms with Crippen LogP contribution in [0.2, 0.25) is 0 Å². The molecule has 0 radical (unpaired) electrons. The molecular formula is C17H19IN2O6. The molecule has 1 aromatic rings. The van der Waals surface area contributed by atoms with Crippen LogP contribution in [-0.4, -0.2) is 61.3 Å². The number of nitrogens with one attached hydrogen (secondary N) is 1. The third kappa shape index (κ3) is 4.33. The number of methoxy groups -OCH3 is 1. The zero-order valence-electron chi connectivity index (χ0n) is 14.4. The number of aliphatic hydroxyl groups excluding tert-OH is 1. The topological polar surface area (TPSA) is 105 Å². The Kier molecular flexibility index (Phi) is 6.98. The summed E-state index contributed by atoms with van der Waals surface area (Å²) in [7, 11) is 1.24. The maximum absolute atomic E-state index is 12.5. The molecule has 0 aromatic heterocycles. The number of amides is 1. The van der Waals surface area contributed by atoms with E-state index in [2.05, 4.69) is 5.32 Å². The van der Waals surface area contributed by atoms with Gasteiger partial charge in [-0.25, -0.2) is 9.59 Å². The lowest BCUT2D eigenvalue weighted by molar-refractivity contribution is -0.136. The van der Waals surface area contributed by atoms with Crippen molar-refractivity contribution in [1.29, 1.82) is 0 Å². The largest absolute Gasteiger partial charge is 0.466 e. The van der Waals surface area contributed by atoms with Crippen molar-refractivity contribution in [3.8, 4) is 0 Å². The van der Waals surface area contributed by atoms with Gasteiger partial charge in [0.2, 0.25) is 0 Å². The second-order valence-corrected chi connectivity index (χ2v) is 6.50. The van der Waals surface area contributed by atoms with Gasteiger partial charge in [-0.05, 0) is 47.7 Å². The van der Waals surface area contributed by atoms with E-state index in [1.54, 1.807) is 25.1 Å². The van der Waals surface area contributed by atoms with Crippen LogP contribution < -0.4 is 5.32 Å². The van der Waals surface area contributed by atoms with E-state index in [1.165, 1.54) is 12.0 Å². The number of rotatable bonds is 7. The highest BCUT2D eigenvalue weighted by Crippen LogP contribution is 2.26. The van der Waals surface area contributed by atoms with Crippen LogP contribution in [0.1, 0.15) is 17.3 Å². The first-order chi connectivity index (χ1) is 12.4. The van der Waals surface area contributed by atoms with E-state index in [1.807, 2.05) is 22.6 Å². The van der Waals surface area contributed by atoms with Gasteiger partial charge in [-0.2, -0.15) is 0 Å². The van der Waals surface area contributed by atoms with Crippen molar-refractivity contribution in [2.75, 3.05) is 38.7 Å². The Morgan fingerprint density at radius 2 is 2.08 bits per heavy atom. The van der Waals surface area contributed by atoms with Gasteiger partial charge < -0.3 is 24.8 Å². The van der Waals surface area contributed by atoms with Crippen molar-refractivity contribution in [1.82, 2.24) is 4.90 Å². The highest BCUT2D eigenvalue weighted by molar-refractivity contribution is 14.1. The van der Waals surface area contributed by atoms with Crippen LogP contribution in [0.5, 0.6) is 0 Å². The number of benzene rings is 1. The van der Waals surface area contributed by atoms with E-state index in [4.69, 9.17) is 14.6 Å². The fourth-order valence-corrected chi connectivity index (χ4v) is 3.09. The first-order valence-corrected chi connectivity index (χ1v) is 8.96. The number of carbonyl (C=O) groups excluding carboxylic acids is 3. The summed E-state index contributed by atoms with van der Waals surface area (Å²) < 4.78 is 10.4. The number of halogens is 1. The van der Waals surface area contributed by atoms with Crippen LogP contribution in [0.3, 0.4) is 0 Å². The lowest BCUT2D eigenvalue weighted by Crippen LogP contribution is -2.31. The molecule has 0 saturated heterocycles. The van der Waals surface area contributed by atoms with Crippen LogP contribution in [0, 0.1) is 3.57 Å². The van der Waals surface area contributed by atoms with Crippen molar-refractivity contribution in [3.05, 3.63) is 38.6 Å². The van der Waals surface area contributed by atoms with E-state index in [9.17, 15) is 14.4 Å². The normalized spacial score (nSPS) is 13.8. The summed E-state index contributed by atoms with van der Waals surface area (Å²) in [5.74, 6) is -1.44. The van der Waals surface area contributed by atoms with Gasteiger partial charge in [0.1, 0.15) is 5.70 Å². The van der Waals surface area contributed by atoms with E-state index >= 15 is 0 Å². The predicted octanol–water partition coefficient (Wildman–Crippen LogP) is 1.14. The highest BCUT2D eigenvalue weighted by Gasteiger charge is 2.34. The predicted molar refractivity (Wildman–Crippen MR) is 101 cm³/mol. The number of anilines is 1. The minimum atomic E-state index is -0.612. The fourth-order valence-electron chi connectivity index (χ4n) is 2.44. The fraction of sp³-hybridized carbons (Fsp3) is 0.353. The first kappa shape index (κ1) is 20.2. The van der Waals surface area contributed by atoms with Gasteiger partial charge in [0.25, 0.3) is 5.91 Å².